The van der Waals surface area contributed by atoms with Crippen molar-refractivity contribution in [3.8, 4) is 0 Å². The molecule has 6 heteroatoms. The van der Waals surface area contributed by atoms with Crippen molar-refractivity contribution >= 4 is 34.7 Å². The maximum absolute atomic E-state index is 11.3. The second-order valence-corrected chi connectivity index (χ2v) is 4.62. The number of anilines is 1. The van der Waals surface area contributed by atoms with Gasteiger partial charge in [-0.05, 0) is 6.92 Å². The van der Waals surface area contributed by atoms with Crippen LogP contribution in [0.4, 0.5) is 5.69 Å². The fourth-order valence-electron chi connectivity index (χ4n) is 1.91. The molecule has 2 heterocycles. The van der Waals surface area contributed by atoms with Gasteiger partial charge in [-0.1, -0.05) is 23.2 Å². The zero-order chi connectivity index (χ0) is 11.7. The zero-order valence-electron chi connectivity index (χ0n) is 8.78. The van der Waals surface area contributed by atoms with E-state index in [4.69, 9.17) is 23.2 Å². The molecule has 0 amide bonds. The second-order valence-electron chi connectivity index (χ2n) is 3.88. The van der Waals surface area contributed by atoms with E-state index < -0.39 is 0 Å². The Bertz CT molecular complexity index is 425. The van der Waals surface area contributed by atoms with E-state index in [2.05, 4.69) is 10.2 Å². The molecule has 2 rings (SSSR count). The van der Waals surface area contributed by atoms with Crippen molar-refractivity contribution in [2.24, 2.45) is 0 Å². The highest BCUT2D eigenvalue weighted by Gasteiger charge is 2.25. The second kappa shape index (κ2) is 4.55. The van der Waals surface area contributed by atoms with Crippen molar-refractivity contribution < 1.29 is 4.79 Å². The normalized spacial score (nSPS) is 21.3. The molecule has 4 nitrogen and oxygen atoms in total. The molecule has 1 unspecified atom stereocenters. The highest BCUT2D eigenvalue weighted by molar-refractivity contribution is 6.33. The Kier molecular flexibility index (Phi) is 3.30. The lowest BCUT2D eigenvalue weighted by Crippen LogP contribution is -2.41. The van der Waals surface area contributed by atoms with Crippen molar-refractivity contribution in [2.75, 3.05) is 11.4 Å². The number of halogens is 2. The number of aromatic nitrogens is 2. The van der Waals surface area contributed by atoms with E-state index in [0.717, 1.165) is 5.69 Å². The maximum Gasteiger partial charge on any atom is 0.175 e. The van der Waals surface area contributed by atoms with Gasteiger partial charge in [-0.3, -0.25) is 4.79 Å². The zero-order valence-corrected chi connectivity index (χ0v) is 10.3. The number of nitrogens with zero attached hydrogens (tertiary/aromatic N) is 3. The van der Waals surface area contributed by atoms with Gasteiger partial charge in [0.2, 0.25) is 0 Å². The molecular formula is C10H11Cl2N3O. The van der Waals surface area contributed by atoms with Crippen molar-refractivity contribution in [3.05, 3.63) is 16.4 Å². The molecule has 0 spiro atoms. The third kappa shape index (κ3) is 2.28. The number of hydrogen-bond acceptors (Lipinski definition) is 4. The fraction of sp³-hybridized carbons (Fsp3) is 0.500. The van der Waals surface area contributed by atoms with Gasteiger partial charge in [0.15, 0.2) is 10.3 Å². The minimum atomic E-state index is 0.124. The third-order valence-corrected chi connectivity index (χ3v) is 3.15. The molecule has 86 valence electrons. The lowest BCUT2D eigenvalue weighted by Gasteiger charge is -2.34. The number of Topliss-reactive ketones (excluding diaryl/α,β-unsaturated/α-hetero) is 1. The molecular weight excluding hydrogens is 249 g/mol. The van der Waals surface area contributed by atoms with Crippen LogP contribution in [0.15, 0.2) is 6.07 Å². The number of ketones is 1. The predicted molar refractivity (Wildman–Crippen MR) is 63.1 cm³/mol. The molecule has 0 aliphatic carbocycles. The van der Waals surface area contributed by atoms with Crippen LogP contribution in [-0.2, 0) is 4.79 Å². The van der Waals surface area contributed by atoms with Gasteiger partial charge in [-0.25, -0.2) is 0 Å². The van der Waals surface area contributed by atoms with Gasteiger partial charge in [0, 0.05) is 31.5 Å². The molecule has 0 aromatic carbocycles. The summed E-state index contributed by atoms with van der Waals surface area (Å²) in [6.45, 7) is 2.64. The van der Waals surface area contributed by atoms with Gasteiger partial charge in [0.05, 0.1) is 5.69 Å². The van der Waals surface area contributed by atoms with E-state index in [9.17, 15) is 4.79 Å². The molecule has 1 atom stereocenters. The van der Waals surface area contributed by atoms with Crippen molar-refractivity contribution in [2.45, 2.75) is 25.8 Å². The van der Waals surface area contributed by atoms with E-state index in [1.54, 1.807) is 6.07 Å². The minimum Gasteiger partial charge on any atom is -0.365 e. The van der Waals surface area contributed by atoms with Gasteiger partial charge >= 0.3 is 0 Å². The van der Waals surface area contributed by atoms with E-state index in [-0.39, 0.29) is 11.8 Å². The standard InChI is InChI=1S/C10H11Cl2N3O/c1-6-4-7(16)2-3-15(6)8-5-9(11)13-14-10(8)12/h5-6H,2-4H2,1H3. The Morgan fingerprint density at radius 3 is 2.88 bits per heavy atom. The molecule has 1 aromatic heterocycles. The quantitative estimate of drug-likeness (QED) is 0.777. The number of piperidine rings is 1. The Morgan fingerprint density at radius 1 is 1.44 bits per heavy atom. The smallest absolute Gasteiger partial charge is 0.175 e. The van der Waals surface area contributed by atoms with Crippen LogP contribution < -0.4 is 4.90 Å². The number of hydrogen-bond donors (Lipinski definition) is 0. The summed E-state index contributed by atoms with van der Waals surface area (Å²) in [5, 5.41) is 8.06. The summed E-state index contributed by atoms with van der Waals surface area (Å²) < 4.78 is 0. The molecule has 16 heavy (non-hydrogen) atoms. The Morgan fingerprint density at radius 2 is 2.19 bits per heavy atom. The molecule has 0 saturated carbocycles. The first-order chi connectivity index (χ1) is 7.58. The Balaban J connectivity index is 2.29. The van der Waals surface area contributed by atoms with Crippen LogP contribution in [0.2, 0.25) is 10.3 Å². The first kappa shape index (κ1) is 11.6. The van der Waals surface area contributed by atoms with Gasteiger partial charge in [-0.15, -0.1) is 10.2 Å². The van der Waals surface area contributed by atoms with Crippen LogP contribution in [0.3, 0.4) is 0 Å². The Hall–Kier alpha value is -0.870. The van der Waals surface area contributed by atoms with Crippen molar-refractivity contribution in [1.82, 2.24) is 10.2 Å². The summed E-state index contributed by atoms with van der Waals surface area (Å²) in [6, 6.07) is 1.81. The third-order valence-electron chi connectivity index (χ3n) is 2.70. The van der Waals surface area contributed by atoms with Crippen molar-refractivity contribution in [3.63, 3.8) is 0 Å². The number of carbonyl (C=O) groups excluding carboxylic acids is 1. The van der Waals surface area contributed by atoms with E-state index in [1.807, 2.05) is 11.8 Å². The topological polar surface area (TPSA) is 46.1 Å². The lowest BCUT2D eigenvalue weighted by atomic mass is 10.0. The van der Waals surface area contributed by atoms with Gasteiger partial charge in [-0.2, -0.15) is 0 Å². The molecule has 1 aromatic rings. The number of carbonyl (C=O) groups is 1. The van der Waals surface area contributed by atoms with Gasteiger partial charge in [0.1, 0.15) is 5.78 Å². The Labute approximate surface area is 104 Å². The first-order valence-corrected chi connectivity index (χ1v) is 5.80. The summed E-state index contributed by atoms with van der Waals surface area (Å²) in [6.07, 6.45) is 1.08. The van der Waals surface area contributed by atoms with Crippen LogP contribution in [0.25, 0.3) is 0 Å². The van der Waals surface area contributed by atoms with Crippen LogP contribution in [-0.4, -0.2) is 28.6 Å². The highest BCUT2D eigenvalue weighted by Crippen LogP contribution is 2.29. The highest BCUT2D eigenvalue weighted by atomic mass is 35.5. The predicted octanol–water partition coefficient (Wildman–Crippen LogP) is 2.34. The summed E-state index contributed by atoms with van der Waals surface area (Å²) in [7, 11) is 0. The molecule has 1 fully saturated rings. The fourth-order valence-corrected chi connectivity index (χ4v) is 2.25. The summed E-state index contributed by atoms with van der Waals surface area (Å²) in [4.78, 5) is 13.3. The van der Waals surface area contributed by atoms with E-state index in [0.29, 0.717) is 29.7 Å². The van der Waals surface area contributed by atoms with Gasteiger partial charge in [0.25, 0.3) is 0 Å². The van der Waals surface area contributed by atoms with Crippen LogP contribution in [0.5, 0.6) is 0 Å². The van der Waals surface area contributed by atoms with E-state index >= 15 is 0 Å². The van der Waals surface area contributed by atoms with E-state index in [1.165, 1.54) is 0 Å². The van der Waals surface area contributed by atoms with Crippen LogP contribution >= 0.6 is 23.2 Å². The average molecular weight is 260 g/mol. The molecule has 1 aliphatic heterocycles. The van der Waals surface area contributed by atoms with Crippen LogP contribution in [0.1, 0.15) is 19.8 Å². The number of rotatable bonds is 1. The monoisotopic (exact) mass is 259 g/mol. The van der Waals surface area contributed by atoms with Crippen molar-refractivity contribution in [1.29, 1.82) is 0 Å². The van der Waals surface area contributed by atoms with Crippen LogP contribution in [0, 0.1) is 0 Å². The molecule has 0 bridgehead atoms. The largest absolute Gasteiger partial charge is 0.365 e. The lowest BCUT2D eigenvalue weighted by molar-refractivity contribution is -0.120. The molecule has 1 aliphatic rings. The SMILES string of the molecule is CC1CC(=O)CCN1c1cc(Cl)nnc1Cl. The summed E-state index contributed by atoms with van der Waals surface area (Å²) >= 11 is 11.8. The average Bonchev–Trinajstić information content (AvgIpc) is 2.22. The summed E-state index contributed by atoms with van der Waals surface area (Å²) in [5.41, 5.74) is 0.752. The summed E-state index contributed by atoms with van der Waals surface area (Å²) in [5.74, 6) is 0.285. The first-order valence-electron chi connectivity index (χ1n) is 5.05. The molecule has 0 radical (unpaired) electrons. The maximum atomic E-state index is 11.3. The minimum absolute atomic E-state index is 0.124. The van der Waals surface area contributed by atoms with Gasteiger partial charge < -0.3 is 4.90 Å². The molecule has 1 saturated heterocycles. The molecule has 0 N–H and O–H groups in total.